The van der Waals surface area contributed by atoms with Gasteiger partial charge in [0.2, 0.25) is 0 Å². The first kappa shape index (κ1) is 13.5. The summed E-state index contributed by atoms with van der Waals surface area (Å²) in [6, 6.07) is 7.27. The van der Waals surface area contributed by atoms with Crippen molar-refractivity contribution in [3.8, 4) is 5.75 Å². The summed E-state index contributed by atoms with van der Waals surface area (Å²) in [6.07, 6.45) is 5.98. The van der Waals surface area contributed by atoms with Crippen LogP contribution < -0.4 is 4.74 Å². The summed E-state index contributed by atoms with van der Waals surface area (Å²) in [5.41, 5.74) is 1.43. The van der Waals surface area contributed by atoms with Crippen LogP contribution in [0.2, 0.25) is 0 Å². The number of hydrogen-bond donors (Lipinski definition) is 0. The molecule has 0 saturated carbocycles. The van der Waals surface area contributed by atoms with E-state index in [9.17, 15) is 4.79 Å². The lowest BCUT2D eigenvalue weighted by Crippen LogP contribution is -2.31. The van der Waals surface area contributed by atoms with Gasteiger partial charge in [-0.2, -0.15) is 0 Å². The molecule has 2 aromatic rings. The lowest BCUT2D eigenvalue weighted by Gasteiger charge is -2.18. The quantitative estimate of drug-likeness (QED) is 0.865. The number of likely N-dealkylation sites (tertiary alicyclic amines) is 1. The van der Waals surface area contributed by atoms with Gasteiger partial charge in [-0.1, -0.05) is 0 Å². The minimum absolute atomic E-state index is 0.0291. The van der Waals surface area contributed by atoms with E-state index in [1.165, 1.54) is 0 Å². The molecular formula is C16H17N3O2. The molecule has 3 rings (SSSR count). The molecule has 0 aromatic carbocycles. The highest BCUT2D eigenvalue weighted by Crippen LogP contribution is 2.19. The molecule has 0 bridgehead atoms. The summed E-state index contributed by atoms with van der Waals surface area (Å²) in [4.78, 5) is 22.4. The Balaban J connectivity index is 1.65. The lowest BCUT2D eigenvalue weighted by atomic mass is 10.2. The van der Waals surface area contributed by atoms with E-state index < -0.39 is 0 Å². The molecule has 0 unspecified atom stereocenters. The number of aryl methyl sites for hydroxylation is 1. The molecule has 5 nitrogen and oxygen atoms in total. The molecule has 0 N–H and O–H groups in total. The maximum absolute atomic E-state index is 12.5. The average Bonchev–Trinajstić information content (AvgIpc) is 2.97. The maximum atomic E-state index is 12.5. The molecule has 1 aliphatic rings. The summed E-state index contributed by atoms with van der Waals surface area (Å²) in [6.45, 7) is 3.17. The van der Waals surface area contributed by atoms with Crippen molar-refractivity contribution >= 4 is 5.91 Å². The van der Waals surface area contributed by atoms with Crippen molar-refractivity contribution in [2.24, 2.45) is 0 Å². The molecule has 1 aliphatic heterocycles. The first-order chi connectivity index (χ1) is 10.2. The number of amides is 1. The van der Waals surface area contributed by atoms with Crippen LogP contribution in [0.15, 0.2) is 42.9 Å². The lowest BCUT2D eigenvalue weighted by molar-refractivity contribution is 0.0771. The van der Waals surface area contributed by atoms with Crippen molar-refractivity contribution < 1.29 is 9.53 Å². The summed E-state index contributed by atoms with van der Waals surface area (Å²) in [5.74, 6) is 0.822. The zero-order valence-corrected chi connectivity index (χ0v) is 11.9. The molecule has 0 radical (unpaired) electrons. The van der Waals surface area contributed by atoms with Crippen LogP contribution in [0.4, 0.5) is 0 Å². The molecule has 2 aromatic heterocycles. The second-order valence-corrected chi connectivity index (χ2v) is 5.10. The standard InChI is InChI=1S/C16H17N3O2/c1-12-15(3-2-7-18-12)16(20)19-10-6-14(11-19)21-13-4-8-17-9-5-13/h2-5,7-9,14H,6,10-11H2,1H3/t14-/m1/s1. The summed E-state index contributed by atoms with van der Waals surface area (Å²) >= 11 is 0. The summed E-state index contributed by atoms with van der Waals surface area (Å²) in [7, 11) is 0. The van der Waals surface area contributed by atoms with Gasteiger partial charge in [0, 0.05) is 37.3 Å². The predicted molar refractivity (Wildman–Crippen MR) is 78.1 cm³/mol. The van der Waals surface area contributed by atoms with Crippen LogP contribution in [0.3, 0.4) is 0 Å². The highest BCUT2D eigenvalue weighted by molar-refractivity contribution is 5.95. The number of carbonyl (C=O) groups is 1. The van der Waals surface area contributed by atoms with Crippen LogP contribution in [0.5, 0.6) is 5.75 Å². The molecule has 1 atom stereocenters. The van der Waals surface area contributed by atoms with Crippen LogP contribution >= 0.6 is 0 Å². The number of pyridine rings is 2. The first-order valence-electron chi connectivity index (χ1n) is 7.01. The Hall–Kier alpha value is -2.43. The highest BCUT2D eigenvalue weighted by atomic mass is 16.5. The number of ether oxygens (including phenoxy) is 1. The van der Waals surface area contributed by atoms with Crippen LogP contribution in [0.25, 0.3) is 0 Å². The van der Waals surface area contributed by atoms with E-state index in [4.69, 9.17) is 4.74 Å². The van der Waals surface area contributed by atoms with Gasteiger partial charge >= 0.3 is 0 Å². The molecule has 5 heteroatoms. The molecule has 1 amide bonds. The second kappa shape index (κ2) is 5.91. The zero-order chi connectivity index (χ0) is 14.7. The van der Waals surface area contributed by atoms with E-state index in [1.54, 1.807) is 24.7 Å². The van der Waals surface area contributed by atoms with Crippen LogP contribution in [0.1, 0.15) is 22.5 Å². The Morgan fingerprint density at radius 3 is 2.86 bits per heavy atom. The Labute approximate surface area is 123 Å². The molecule has 0 aliphatic carbocycles. The average molecular weight is 283 g/mol. The van der Waals surface area contributed by atoms with Crippen LogP contribution in [-0.4, -0.2) is 40.0 Å². The third-order valence-corrected chi connectivity index (χ3v) is 3.62. The fourth-order valence-corrected chi connectivity index (χ4v) is 2.50. The van der Waals surface area contributed by atoms with Gasteiger partial charge in [0.05, 0.1) is 12.1 Å². The van der Waals surface area contributed by atoms with E-state index in [-0.39, 0.29) is 12.0 Å². The fraction of sp³-hybridized carbons (Fsp3) is 0.312. The second-order valence-electron chi connectivity index (χ2n) is 5.10. The fourth-order valence-electron chi connectivity index (χ4n) is 2.50. The third-order valence-electron chi connectivity index (χ3n) is 3.62. The van der Waals surface area contributed by atoms with Crippen molar-refractivity contribution in [3.05, 3.63) is 54.1 Å². The molecular weight excluding hydrogens is 266 g/mol. The summed E-state index contributed by atoms with van der Waals surface area (Å²) < 4.78 is 5.87. The number of nitrogens with zero attached hydrogens (tertiary/aromatic N) is 3. The van der Waals surface area contributed by atoms with Gasteiger partial charge in [-0.3, -0.25) is 14.8 Å². The Morgan fingerprint density at radius 2 is 2.10 bits per heavy atom. The van der Waals surface area contributed by atoms with E-state index in [0.717, 1.165) is 17.9 Å². The van der Waals surface area contributed by atoms with Crippen molar-refractivity contribution in [1.29, 1.82) is 0 Å². The molecule has 0 spiro atoms. The number of hydrogen-bond acceptors (Lipinski definition) is 4. The molecule has 108 valence electrons. The zero-order valence-electron chi connectivity index (χ0n) is 11.9. The van der Waals surface area contributed by atoms with Gasteiger partial charge in [-0.15, -0.1) is 0 Å². The Kier molecular flexibility index (Phi) is 3.81. The van der Waals surface area contributed by atoms with Gasteiger partial charge in [0.25, 0.3) is 5.91 Å². The normalized spacial score (nSPS) is 17.8. The minimum Gasteiger partial charge on any atom is -0.488 e. The number of aromatic nitrogens is 2. The van der Waals surface area contributed by atoms with Gasteiger partial charge < -0.3 is 9.64 Å². The number of carbonyl (C=O) groups excluding carboxylic acids is 1. The molecule has 1 saturated heterocycles. The third kappa shape index (κ3) is 3.02. The molecule has 21 heavy (non-hydrogen) atoms. The van der Waals surface area contributed by atoms with Gasteiger partial charge in [0.1, 0.15) is 11.9 Å². The van der Waals surface area contributed by atoms with Gasteiger partial charge in [-0.05, 0) is 31.2 Å². The van der Waals surface area contributed by atoms with Gasteiger partial charge in [-0.25, -0.2) is 0 Å². The van der Waals surface area contributed by atoms with Crippen LogP contribution in [0, 0.1) is 6.92 Å². The smallest absolute Gasteiger partial charge is 0.255 e. The van der Waals surface area contributed by atoms with Crippen molar-refractivity contribution in [1.82, 2.24) is 14.9 Å². The van der Waals surface area contributed by atoms with Crippen LogP contribution in [-0.2, 0) is 0 Å². The first-order valence-corrected chi connectivity index (χ1v) is 7.01. The van der Waals surface area contributed by atoms with E-state index in [2.05, 4.69) is 9.97 Å². The monoisotopic (exact) mass is 283 g/mol. The number of rotatable bonds is 3. The molecule has 3 heterocycles. The SMILES string of the molecule is Cc1ncccc1C(=O)N1CC[C@@H](Oc2ccncc2)C1. The Bertz CT molecular complexity index is 630. The highest BCUT2D eigenvalue weighted by Gasteiger charge is 2.29. The van der Waals surface area contributed by atoms with E-state index in [1.807, 2.05) is 30.0 Å². The van der Waals surface area contributed by atoms with Crippen molar-refractivity contribution in [2.45, 2.75) is 19.4 Å². The van der Waals surface area contributed by atoms with E-state index >= 15 is 0 Å². The van der Waals surface area contributed by atoms with Gasteiger partial charge in [0.15, 0.2) is 0 Å². The largest absolute Gasteiger partial charge is 0.488 e. The summed E-state index contributed by atoms with van der Waals surface area (Å²) in [5, 5.41) is 0. The maximum Gasteiger partial charge on any atom is 0.255 e. The minimum atomic E-state index is 0.0291. The van der Waals surface area contributed by atoms with Crippen molar-refractivity contribution in [2.75, 3.05) is 13.1 Å². The van der Waals surface area contributed by atoms with E-state index in [0.29, 0.717) is 18.7 Å². The van der Waals surface area contributed by atoms with Crippen molar-refractivity contribution in [3.63, 3.8) is 0 Å². The molecule has 1 fully saturated rings. The topological polar surface area (TPSA) is 55.3 Å². The predicted octanol–water partition coefficient (Wildman–Crippen LogP) is 2.08. The Morgan fingerprint density at radius 1 is 1.29 bits per heavy atom.